The Morgan fingerprint density at radius 3 is 2.54 bits per heavy atom. The maximum atomic E-state index is 13.4. The summed E-state index contributed by atoms with van der Waals surface area (Å²) >= 11 is 0. The Morgan fingerprint density at radius 2 is 1.93 bits per heavy atom. The Labute approximate surface area is 181 Å². The van der Waals surface area contributed by atoms with Gasteiger partial charge >= 0.3 is 0 Å². The number of amides is 1. The maximum Gasteiger partial charge on any atom is 0.289 e. The van der Waals surface area contributed by atoms with Crippen LogP contribution in [-0.2, 0) is 6.54 Å². The van der Waals surface area contributed by atoms with Crippen LogP contribution < -0.4 is 5.32 Å². The highest BCUT2D eigenvalue weighted by Crippen LogP contribution is 2.12. The zero-order valence-electron chi connectivity index (χ0n) is 16.2. The summed E-state index contributed by atoms with van der Waals surface area (Å²) in [5.41, 5.74) is 1.59. The number of aliphatic imine (C=N–C) groups is 1. The first kappa shape index (κ1) is 22.2. The average Bonchev–Trinajstić information content (AvgIpc) is 3.22. The fourth-order valence-corrected chi connectivity index (χ4v) is 3.07. The van der Waals surface area contributed by atoms with Gasteiger partial charge in [-0.2, -0.15) is 0 Å². The molecule has 0 unspecified atom stereocenters. The Morgan fingerprint density at radius 1 is 1.21 bits per heavy atom. The lowest BCUT2D eigenvalue weighted by atomic mass is 10.1. The predicted molar refractivity (Wildman–Crippen MR) is 118 cm³/mol. The van der Waals surface area contributed by atoms with E-state index in [0.29, 0.717) is 44.0 Å². The molecule has 1 aromatic carbocycles. The first-order valence-electron chi connectivity index (χ1n) is 9.19. The molecule has 6 nitrogen and oxygen atoms in total. The smallest absolute Gasteiger partial charge is 0.289 e. The maximum absolute atomic E-state index is 13.4. The van der Waals surface area contributed by atoms with Crippen LogP contribution in [0.25, 0.3) is 0 Å². The number of nitrogens with one attached hydrogen (secondary N) is 1. The molecule has 0 bridgehead atoms. The number of carbonyl (C=O) groups excluding carboxylic acids is 1. The molecule has 2 aromatic rings. The molecule has 1 aliphatic rings. The van der Waals surface area contributed by atoms with Crippen molar-refractivity contribution in [1.82, 2.24) is 15.1 Å². The Balaban J connectivity index is 0.00000280. The number of guanidine groups is 1. The monoisotopic (exact) mass is 500 g/mol. The van der Waals surface area contributed by atoms with Gasteiger partial charge in [0.05, 0.1) is 12.8 Å². The van der Waals surface area contributed by atoms with Crippen molar-refractivity contribution in [2.45, 2.75) is 20.4 Å². The number of carbonyl (C=O) groups is 1. The van der Waals surface area contributed by atoms with E-state index in [0.717, 1.165) is 18.1 Å². The van der Waals surface area contributed by atoms with Crippen molar-refractivity contribution in [1.29, 1.82) is 0 Å². The van der Waals surface area contributed by atoms with Gasteiger partial charge in [-0.25, -0.2) is 9.38 Å². The molecule has 1 fully saturated rings. The topological polar surface area (TPSA) is 61.1 Å². The number of hydrogen-bond acceptors (Lipinski definition) is 3. The van der Waals surface area contributed by atoms with Crippen molar-refractivity contribution < 1.29 is 13.6 Å². The SMILES string of the molecule is CCNC(=NCc1ccc(F)c(C)c1)N1CCN(C(=O)c2ccco2)CC1.I. The van der Waals surface area contributed by atoms with E-state index in [1.54, 1.807) is 30.0 Å². The number of aryl methyl sites for hydroxylation is 1. The van der Waals surface area contributed by atoms with Crippen molar-refractivity contribution in [2.75, 3.05) is 32.7 Å². The molecule has 0 spiro atoms. The molecule has 1 N–H and O–H groups in total. The molecule has 1 aromatic heterocycles. The summed E-state index contributed by atoms with van der Waals surface area (Å²) < 4.78 is 18.6. The Bertz CT molecular complexity index is 803. The molecule has 1 aliphatic heterocycles. The number of halogens is 2. The Kier molecular flexibility index (Phi) is 8.28. The van der Waals surface area contributed by atoms with E-state index >= 15 is 0 Å². The molecule has 2 heterocycles. The summed E-state index contributed by atoms with van der Waals surface area (Å²) in [6.45, 7) is 7.62. The van der Waals surface area contributed by atoms with E-state index in [1.807, 2.05) is 13.0 Å². The molecule has 0 saturated carbocycles. The predicted octanol–water partition coefficient (Wildman–Crippen LogP) is 3.27. The summed E-state index contributed by atoms with van der Waals surface area (Å²) in [5.74, 6) is 0.899. The van der Waals surface area contributed by atoms with Gasteiger partial charge in [-0.05, 0) is 43.2 Å². The fourth-order valence-electron chi connectivity index (χ4n) is 3.07. The van der Waals surface area contributed by atoms with E-state index in [2.05, 4.69) is 15.2 Å². The van der Waals surface area contributed by atoms with Crippen LogP contribution in [-0.4, -0.2) is 54.4 Å². The van der Waals surface area contributed by atoms with Crippen LogP contribution >= 0.6 is 24.0 Å². The molecule has 0 atom stereocenters. The van der Waals surface area contributed by atoms with Crippen molar-refractivity contribution >= 4 is 35.8 Å². The van der Waals surface area contributed by atoms with Crippen LogP contribution in [0.1, 0.15) is 28.6 Å². The van der Waals surface area contributed by atoms with E-state index in [4.69, 9.17) is 4.42 Å². The highest BCUT2D eigenvalue weighted by Gasteiger charge is 2.25. The van der Waals surface area contributed by atoms with E-state index < -0.39 is 0 Å². The van der Waals surface area contributed by atoms with Crippen LogP contribution in [0.15, 0.2) is 46.0 Å². The molecule has 152 valence electrons. The van der Waals surface area contributed by atoms with Crippen LogP contribution in [0.4, 0.5) is 4.39 Å². The molecule has 28 heavy (non-hydrogen) atoms. The second-order valence-corrected chi connectivity index (χ2v) is 6.51. The van der Waals surface area contributed by atoms with E-state index in [9.17, 15) is 9.18 Å². The number of rotatable bonds is 4. The molecule has 1 amide bonds. The van der Waals surface area contributed by atoms with Crippen molar-refractivity contribution in [3.05, 3.63) is 59.3 Å². The first-order chi connectivity index (χ1) is 13.1. The summed E-state index contributed by atoms with van der Waals surface area (Å²) in [5, 5.41) is 3.30. The molecule has 8 heteroatoms. The second kappa shape index (κ2) is 10.4. The third-order valence-corrected chi connectivity index (χ3v) is 4.57. The van der Waals surface area contributed by atoms with E-state index in [-0.39, 0.29) is 35.7 Å². The normalized spacial score (nSPS) is 14.6. The standard InChI is InChI=1S/C20H25FN4O2.HI/c1-3-22-20(23-14-16-6-7-17(21)15(2)13-16)25-10-8-24(9-11-25)19(26)18-5-4-12-27-18;/h4-7,12-13H,3,8-11,14H2,1-2H3,(H,22,23);1H. The largest absolute Gasteiger partial charge is 0.459 e. The highest BCUT2D eigenvalue weighted by molar-refractivity contribution is 14.0. The lowest BCUT2D eigenvalue weighted by molar-refractivity contribution is 0.0657. The third kappa shape index (κ3) is 5.46. The summed E-state index contributed by atoms with van der Waals surface area (Å²) in [6.07, 6.45) is 1.51. The van der Waals surface area contributed by atoms with Crippen LogP contribution in [0.3, 0.4) is 0 Å². The van der Waals surface area contributed by atoms with Gasteiger partial charge in [-0.1, -0.05) is 12.1 Å². The van der Waals surface area contributed by atoms with Crippen LogP contribution in [0, 0.1) is 12.7 Å². The summed E-state index contributed by atoms with van der Waals surface area (Å²) in [7, 11) is 0. The zero-order valence-corrected chi connectivity index (χ0v) is 18.5. The minimum Gasteiger partial charge on any atom is -0.459 e. The minimum absolute atomic E-state index is 0. The molecule has 1 saturated heterocycles. The second-order valence-electron chi connectivity index (χ2n) is 6.51. The van der Waals surface area contributed by atoms with Gasteiger partial charge in [-0.15, -0.1) is 24.0 Å². The van der Waals surface area contributed by atoms with Crippen molar-refractivity contribution in [3.63, 3.8) is 0 Å². The lowest BCUT2D eigenvalue weighted by Gasteiger charge is -2.36. The van der Waals surface area contributed by atoms with Gasteiger partial charge < -0.3 is 19.5 Å². The third-order valence-electron chi connectivity index (χ3n) is 4.57. The molecule has 0 aliphatic carbocycles. The van der Waals surface area contributed by atoms with Gasteiger partial charge in [0, 0.05) is 32.7 Å². The van der Waals surface area contributed by atoms with E-state index in [1.165, 1.54) is 12.3 Å². The highest BCUT2D eigenvalue weighted by atomic mass is 127. The average molecular weight is 500 g/mol. The molecular weight excluding hydrogens is 474 g/mol. The van der Waals surface area contributed by atoms with Crippen molar-refractivity contribution in [2.24, 2.45) is 4.99 Å². The van der Waals surface area contributed by atoms with Gasteiger partial charge in [0.2, 0.25) is 0 Å². The van der Waals surface area contributed by atoms with Crippen molar-refractivity contribution in [3.8, 4) is 0 Å². The minimum atomic E-state index is -0.202. The zero-order chi connectivity index (χ0) is 19.2. The number of furan rings is 1. The lowest BCUT2D eigenvalue weighted by Crippen LogP contribution is -2.53. The van der Waals surface area contributed by atoms with Gasteiger partial charge in [-0.3, -0.25) is 4.79 Å². The first-order valence-corrected chi connectivity index (χ1v) is 9.19. The number of piperazine rings is 1. The number of hydrogen-bond donors (Lipinski definition) is 1. The summed E-state index contributed by atoms with van der Waals surface area (Å²) in [4.78, 5) is 21.0. The van der Waals surface area contributed by atoms with Crippen LogP contribution in [0.5, 0.6) is 0 Å². The van der Waals surface area contributed by atoms with Crippen LogP contribution in [0.2, 0.25) is 0 Å². The molecule has 3 rings (SSSR count). The fraction of sp³-hybridized carbons (Fsp3) is 0.400. The van der Waals surface area contributed by atoms with Gasteiger partial charge in [0.1, 0.15) is 5.82 Å². The van der Waals surface area contributed by atoms with Gasteiger partial charge in [0.15, 0.2) is 11.7 Å². The van der Waals surface area contributed by atoms with Gasteiger partial charge in [0.25, 0.3) is 5.91 Å². The quantitative estimate of drug-likeness (QED) is 0.398. The number of benzene rings is 1. The molecular formula is C20H26FIN4O2. The summed E-state index contributed by atoms with van der Waals surface area (Å²) in [6, 6.07) is 8.46. The Hall–Kier alpha value is -2.10. The molecule has 0 radical (unpaired) electrons. The number of nitrogens with zero attached hydrogens (tertiary/aromatic N) is 3.